The zero-order valence-electron chi connectivity index (χ0n) is 9.39. The summed E-state index contributed by atoms with van der Waals surface area (Å²) >= 11 is 2.01. The Hall–Kier alpha value is -0.830. The number of aromatic nitrogens is 1. The van der Waals surface area contributed by atoms with E-state index in [4.69, 9.17) is 0 Å². The Morgan fingerprint density at radius 3 is 2.94 bits per heavy atom. The van der Waals surface area contributed by atoms with Crippen molar-refractivity contribution in [2.24, 2.45) is 5.92 Å². The Kier molecular flexibility index (Phi) is 4.40. The molecule has 86 valence electrons. The van der Waals surface area contributed by atoms with Gasteiger partial charge in [0.15, 0.2) is 0 Å². The molecule has 1 saturated heterocycles. The van der Waals surface area contributed by atoms with Gasteiger partial charge in [0.05, 0.1) is 0 Å². The first kappa shape index (κ1) is 11.6. The van der Waals surface area contributed by atoms with Crippen LogP contribution in [0.25, 0.3) is 0 Å². The van der Waals surface area contributed by atoms with Crippen molar-refractivity contribution in [1.82, 2.24) is 4.98 Å². The zero-order valence-corrected chi connectivity index (χ0v) is 10.2. The van der Waals surface area contributed by atoms with Crippen LogP contribution in [0.2, 0.25) is 0 Å². The van der Waals surface area contributed by atoms with Crippen molar-refractivity contribution in [3.63, 3.8) is 0 Å². The van der Waals surface area contributed by atoms with Crippen molar-refractivity contribution in [2.75, 3.05) is 11.5 Å². The van der Waals surface area contributed by atoms with Gasteiger partial charge in [-0.25, -0.2) is 0 Å². The molecule has 0 aromatic carbocycles. The van der Waals surface area contributed by atoms with E-state index in [9.17, 15) is 4.79 Å². The van der Waals surface area contributed by atoms with Crippen molar-refractivity contribution in [3.05, 3.63) is 30.1 Å². The fourth-order valence-electron chi connectivity index (χ4n) is 2.08. The second-order valence-electron chi connectivity index (χ2n) is 4.34. The largest absolute Gasteiger partial charge is 0.299 e. The lowest BCUT2D eigenvalue weighted by Crippen LogP contribution is -2.15. The molecule has 1 fully saturated rings. The molecule has 0 saturated carbocycles. The van der Waals surface area contributed by atoms with Gasteiger partial charge < -0.3 is 0 Å². The maximum Gasteiger partial charge on any atom is 0.137 e. The minimum Gasteiger partial charge on any atom is -0.299 e. The molecule has 0 N–H and O–H groups in total. The van der Waals surface area contributed by atoms with E-state index in [1.54, 1.807) is 12.4 Å². The third-order valence-electron chi connectivity index (χ3n) is 2.98. The van der Waals surface area contributed by atoms with Crippen molar-refractivity contribution in [1.29, 1.82) is 0 Å². The summed E-state index contributed by atoms with van der Waals surface area (Å²) in [5.41, 5.74) is 1.04. The monoisotopic (exact) mass is 235 g/mol. The third kappa shape index (κ3) is 3.63. The van der Waals surface area contributed by atoms with Crippen LogP contribution in [0.5, 0.6) is 0 Å². The molecule has 1 aromatic heterocycles. The van der Waals surface area contributed by atoms with Gasteiger partial charge >= 0.3 is 0 Å². The number of ketones is 1. The van der Waals surface area contributed by atoms with E-state index in [-0.39, 0.29) is 0 Å². The molecule has 0 spiro atoms. The van der Waals surface area contributed by atoms with Crippen LogP contribution < -0.4 is 0 Å². The fourth-order valence-corrected chi connectivity index (χ4v) is 3.28. The summed E-state index contributed by atoms with van der Waals surface area (Å²) in [7, 11) is 0. The molecule has 1 aliphatic rings. The number of carbonyl (C=O) groups excluding carboxylic acids is 1. The highest BCUT2D eigenvalue weighted by atomic mass is 32.2. The van der Waals surface area contributed by atoms with Crippen LogP contribution in [0.1, 0.15) is 24.8 Å². The smallest absolute Gasteiger partial charge is 0.137 e. The van der Waals surface area contributed by atoms with Crippen molar-refractivity contribution < 1.29 is 4.79 Å². The number of pyridine rings is 1. The Labute approximate surface area is 101 Å². The molecule has 3 heteroatoms. The Morgan fingerprint density at radius 2 is 2.25 bits per heavy atom. The Morgan fingerprint density at radius 1 is 1.44 bits per heavy atom. The number of hydrogen-bond acceptors (Lipinski definition) is 3. The van der Waals surface area contributed by atoms with Gasteiger partial charge in [-0.3, -0.25) is 9.78 Å². The molecule has 2 rings (SSSR count). The molecular weight excluding hydrogens is 218 g/mol. The van der Waals surface area contributed by atoms with E-state index in [1.807, 2.05) is 23.9 Å². The summed E-state index contributed by atoms with van der Waals surface area (Å²) in [6.07, 6.45) is 7.26. The lowest BCUT2D eigenvalue weighted by Gasteiger charge is -2.20. The summed E-state index contributed by atoms with van der Waals surface area (Å²) in [6.45, 7) is 0. The van der Waals surface area contributed by atoms with Crippen LogP contribution in [0, 0.1) is 5.92 Å². The van der Waals surface area contributed by atoms with Gasteiger partial charge in [-0.2, -0.15) is 11.8 Å². The molecule has 1 aliphatic heterocycles. The highest BCUT2D eigenvalue weighted by Crippen LogP contribution is 2.25. The zero-order chi connectivity index (χ0) is 11.2. The SMILES string of the molecule is O=C(Cc1cccnc1)CC1CCSCC1. The van der Waals surface area contributed by atoms with Gasteiger partial charge in [-0.05, 0) is 41.9 Å². The lowest BCUT2D eigenvalue weighted by atomic mass is 9.94. The predicted octanol–water partition coefficient (Wildman–Crippen LogP) is 2.73. The van der Waals surface area contributed by atoms with Crippen LogP contribution in [0.15, 0.2) is 24.5 Å². The quantitative estimate of drug-likeness (QED) is 0.803. The van der Waals surface area contributed by atoms with E-state index in [2.05, 4.69) is 4.98 Å². The third-order valence-corrected chi connectivity index (χ3v) is 4.03. The number of thioether (sulfide) groups is 1. The molecular formula is C13H17NOS. The molecule has 0 amide bonds. The van der Waals surface area contributed by atoms with Gasteiger partial charge in [0, 0.05) is 25.2 Å². The average Bonchev–Trinajstić information content (AvgIpc) is 2.31. The van der Waals surface area contributed by atoms with E-state index in [1.165, 1.54) is 24.3 Å². The first-order chi connectivity index (χ1) is 7.84. The number of Topliss-reactive ketones (excluding diaryl/α,β-unsaturated/α-hetero) is 1. The average molecular weight is 235 g/mol. The first-order valence-corrected chi connectivity index (χ1v) is 6.98. The maximum absolute atomic E-state index is 11.8. The van der Waals surface area contributed by atoms with E-state index < -0.39 is 0 Å². The predicted molar refractivity (Wildman–Crippen MR) is 67.6 cm³/mol. The van der Waals surface area contributed by atoms with Crippen LogP contribution in [-0.2, 0) is 11.2 Å². The molecule has 0 bridgehead atoms. The summed E-state index contributed by atoms with van der Waals surface area (Å²) in [5.74, 6) is 3.45. The number of hydrogen-bond donors (Lipinski definition) is 0. The van der Waals surface area contributed by atoms with Gasteiger partial charge in [0.2, 0.25) is 0 Å². The Balaban J connectivity index is 1.80. The normalized spacial score (nSPS) is 17.2. The first-order valence-electron chi connectivity index (χ1n) is 5.83. The highest BCUT2D eigenvalue weighted by molar-refractivity contribution is 7.99. The molecule has 1 aromatic rings. The molecule has 2 heterocycles. The standard InChI is InChI=1S/C13H17NOS/c15-13(8-11-3-6-16-7-4-11)9-12-2-1-5-14-10-12/h1-2,5,10-11H,3-4,6-9H2. The van der Waals surface area contributed by atoms with E-state index in [0.29, 0.717) is 18.1 Å². The van der Waals surface area contributed by atoms with Gasteiger partial charge in [0.1, 0.15) is 5.78 Å². The molecule has 16 heavy (non-hydrogen) atoms. The van der Waals surface area contributed by atoms with E-state index in [0.717, 1.165) is 12.0 Å². The summed E-state index contributed by atoms with van der Waals surface area (Å²) < 4.78 is 0. The molecule has 0 aliphatic carbocycles. The van der Waals surface area contributed by atoms with Gasteiger partial charge in [-0.1, -0.05) is 6.07 Å². The topological polar surface area (TPSA) is 30.0 Å². The summed E-state index contributed by atoms with van der Waals surface area (Å²) in [6, 6.07) is 3.86. The minimum atomic E-state index is 0.366. The highest BCUT2D eigenvalue weighted by Gasteiger charge is 2.17. The molecule has 0 radical (unpaired) electrons. The summed E-state index contributed by atoms with van der Waals surface area (Å²) in [5, 5.41) is 0. The fraction of sp³-hybridized carbons (Fsp3) is 0.538. The lowest BCUT2D eigenvalue weighted by molar-refractivity contribution is -0.119. The van der Waals surface area contributed by atoms with Crippen LogP contribution in [-0.4, -0.2) is 22.3 Å². The Bertz CT molecular complexity index is 333. The van der Waals surface area contributed by atoms with Crippen LogP contribution in [0.3, 0.4) is 0 Å². The minimum absolute atomic E-state index is 0.366. The number of nitrogens with zero attached hydrogens (tertiary/aromatic N) is 1. The van der Waals surface area contributed by atoms with Crippen LogP contribution >= 0.6 is 11.8 Å². The van der Waals surface area contributed by atoms with E-state index >= 15 is 0 Å². The second-order valence-corrected chi connectivity index (χ2v) is 5.56. The number of rotatable bonds is 4. The number of carbonyl (C=O) groups is 1. The van der Waals surface area contributed by atoms with Crippen molar-refractivity contribution in [2.45, 2.75) is 25.7 Å². The molecule has 0 unspecified atom stereocenters. The van der Waals surface area contributed by atoms with Gasteiger partial charge in [-0.15, -0.1) is 0 Å². The molecule has 2 nitrogen and oxygen atoms in total. The molecule has 0 atom stereocenters. The summed E-state index contributed by atoms with van der Waals surface area (Å²) in [4.78, 5) is 15.9. The van der Waals surface area contributed by atoms with Crippen LogP contribution in [0.4, 0.5) is 0 Å². The van der Waals surface area contributed by atoms with Crippen molar-refractivity contribution >= 4 is 17.5 Å². The van der Waals surface area contributed by atoms with Crippen molar-refractivity contribution in [3.8, 4) is 0 Å². The van der Waals surface area contributed by atoms with Gasteiger partial charge in [0.25, 0.3) is 0 Å². The maximum atomic E-state index is 11.8. The second kappa shape index (κ2) is 6.04.